The molecule has 19 heavy (non-hydrogen) atoms. The molecular weight excluding hydrogens is 263 g/mol. The van der Waals surface area contributed by atoms with Crippen LogP contribution in [0.2, 0.25) is 0 Å². The smallest absolute Gasteiger partial charge is 0.127 e. The number of rotatable bonds is 3. The fraction of sp³-hybridized carbons (Fsp3) is 0.533. The van der Waals surface area contributed by atoms with E-state index < -0.39 is 0 Å². The van der Waals surface area contributed by atoms with Gasteiger partial charge in [0.05, 0.1) is 16.4 Å². The van der Waals surface area contributed by atoms with Crippen LogP contribution < -0.4 is 0 Å². The monoisotopic (exact) mass is 280 g/mol. The van der Waals surface area contributed by atoms with E-state index in [-0.39, 0.29) is 11.2 Å². The third kappa shape index (κ3) is 2.25. The summed E-state index contributed by atoms with van der Waals surface area (Å²) in [4.78, 5) is 4.56. The van der Waals surface area contributed by atoms with Crippen molar-refractivity contribution >= 4 is 22.6 Å². The first-order valence-electron chi connectivity index (χ1n) is 6.78. The average Bonchev–Trinajstić information content (AvgIpc) is 2.66. The number of benzene rings is 1. The van der Waals surface area contributed by atoms with Crippen molar-refractivity contribution in [1.29, 1.82) is 0 Å². The highest BCUT2D eigenvalue weighted by Crippen LogP contribution is 2.43. The second-order valence-electron chi connectivity index (χ2n) is 5.97. The van der Waals surface area contributed by atoms with Crippen molar-refractivity contribution in [1.82, 2.24) is 9.55 Å². The number of fused-ring (bicyclic) bond motifs is 1. The second kappa shape index (κ2) is 4.48. The van der Waals surface area contributed by atoms with Crippen molar-refractivity contribution in [3.63, 3.8) is 0 Å². The lowest BCUT2D eigenvalue weighted by Crippen LogP contribution is -2.31. The van der Waals surface area contributed by atoms with Crippen molar-refractivity contribution in [2.45, 2.75) is 45.0 Å². The lowest BCUT2D eigenvalue weighted by molar-refractivity contribution is 0.132. The zero-order valence-corrected chi connectivity index (χ0v) is 12.0. The maximum Gasteiger partial charge on any atom is 0.127 e. The van der Waals surface area contributed by atoms with Crippen LogP contribution in [0.4, 0.5) is 4.39 Å². The minimum Gasteiger partial charge on any atom is -0.326 e. The molecule has 0 N–H and O–H groups in total. The van der Waals surface area contributed by atoms with E-state index in [2.05, 4.69) is 16.5 Å². The van der Waals surface area contributed by atoms with Gasteiger partial charge in [0.25, 0.3) is 0 Å². The van der Waals surface area contributed by atoms with Gasteiger partial charge in [0, 0.05) is 6.54 Å². The molecule has 1 unspecified atom stereocenters. The van der Waals surface area contributed by atoms with E-state index in [1.807, 2.05) is 6.92 Å². The number of alkyl halides is 1. The fourth-order valence-corrected chi connectivity index (χ4v) is 3.07. The van der Waals surface area contributed by atoms with Crippen LogP contribution in [0, 0.1) is 11.2 Å². The normalized spacial score (nSPS) is 19.4. The highest BCUT2D eigenvalue weighted by molar-refractivity contribution is 6.20. The van der Waals surface area contributed by atoms with E-state index in [0.29, 0.717) is 5.41 Å². The Kier molecular flexibility index (Phi) is 3.05. The molecule has 1 fully saturated rings. The summed E-state index contributed by atoms with van der Waals surface area (Å²) in [5.41, 5.74) is 1.99. The molecule has 0 saturated heterocycles. The van der Waals surface area contributed by atoms with Crippen LogP contribution in [0.25, 0.3) is 11.0 Å². The van der Waals surface area contributed by atoms with Gasteiger partial charge in [-0.05, 0) is 43.4 Å². The Hall–Kier alpha value is -1.09. The van der Waals surface area contributed by atoms with Gasteiger partial charge in [-0.25, -0.2) is 9.37 Å². The Morgan fingerprint density at radius 1 is 1.47 bits per heavy atom. The van der Waals surface area contributed by atoms with E-state index in [1.54, 1.807) is 12.1 Å². The Bertz CT molecular complexity index is 614. The molecular formula is C15H18ClFN2. The molecule has 1 atom stereocenters. The first kappa shape index (κ1) is 12.9. The number of hydrogen-bond acceptors (Lipinski definition) is 1. The van der Waals surface area contributed by atoms with Crippen molar-refractivity contribution in [3.05, 3.63) is 29.8 Å². The van der Waals surface area contributed by atoms with E-state index in [1.165, 1.54) is 25.3 Å². The molecule has 102 valence electrons. The third-order valence-electron chi connectivity index (χ3n) is 4.20. The van der Waals surface area contributed by atoms with E-state index in [9.17, 15) is 4.39 Å². The van der Waals surface area contributed by atoms with Crippen molar-refractivity contribution in [2.75, 3.05) is 0 Å². The van der Waals surface area contributed by atoms with Gasteiger partial charge in [0.2, 0.25) is 0 Å². The first-order chi connectivity index (χ1) is 8.98. The summed E-state index contributed by atoms with van der Waals surface area (Å²) in [6.45, 7) is 5.07. The van der Waals surface area contributed by atoms with Gasteiger partial charge in [-0.15, -0.1) is 11.6 Å². The average molecular weight is 281 g/mol. The standard InChI is InChI=1S/C15H18ClFN2/c1-10(16)14-18-12-5-4-11(17)8-13(12)19(14)9-15(2)6-3-7-15/h4-5,8,10H,3,6-7,9H2,1-2H3. The predicted octanol–water partition coefficient (Wildman–Crippen LogP) is 4.67. The molecule has 1 heterocycles. The Morgan fingerprint density at radius 3 is 2.79 bits per heavy atom. The Labute approximate surface area is 117 Å². The van der Waals surface area contributed by atoms with Gasteiger partial charge in [-0.1, -0.05) is 13.3 Å². The predicted molar refractivity (Wildman–Crippen MR) is 75.9 cm³/mol. The lowest BCUT2D eigenvalue weighted by Gasteiger charge is -2.39. The summed E-state index contributed by atoms with van der Waals surface area (Å²) in [5.74, 6) is 0.622. The molecule has 0 aliphatic heterocycles. The molecule has 1 aromatic heterocycles. The van der Waals surface area contributed by atoms with Gasteiger partial charge in [0.1, 0.15) is 11.6 Å². The van der Waals surface area contributed by atoms with E-state index in [0.717, 1.165) is 23.4 Å². The topological polar surface area (TPSA) is 17.8 Å². The molecule has 1 aliphatic carbocycles. The molecule has 1 aliphatic rings. The molecule has 1 saturated carbocycles. The Morgan fingerprint density at radius 2 is 2.21 bits per heavy atom. The number of imidazole rings is 1. The maximum atomic E-state index is 13.5. The van der Waals surface area contributed by atoms with Crippen LogP contribution in [0.1, 0.15) is 44.3 Å². The van der Waals surface area contributed by atoms with Gasteiger partial charge in [0.15, 0.2) is 0 Å². The molecule has 1 aromatic carbocycles. The number of hydrogen-bond donors (Lipinski definition) is 0. The van der Waals surface area contributed by atoms with Gasteiger partial charge in [-0.2, -0.15) is 0 Å². The summed E-state index contributed by atoms with van der Waals surface area (Å²) in [6.07, 6.45) is 3.72. The van der Waals surface area contributed by atoms with E-state index >= 15 is 0 Å². The van der Waals surface area contributed by atoms with Crippen molar-refractivity contribution in [3.8, 4) is 0 Å². The third-order valence-corrected chi connectivity index (χ3v) is 4.39. The lowest BCUT2D eigenvalue weighted by atomic mass is 9.70. The zero-order chi connectivity index (χ0) is 13.6. The van der Waals surface area contributed by atoms with Gasteiger partial charge < -0.3 is 4.57 Å². The summed E-state index contributed by atoms with van der Waals surface area (Å²) < 4.78 is 15.6. The second-order valence-corrected chi connectivity index (χ2v) is 6.62. The highest BCUT2D eigenvalue weighted by atomic mass is 35.5. The molecule has 0 bridgehead atoms. The largest absolute Gasteiger partial charge is 0.326 e. The van der Waals surface area contributed by atoms with Crippen LogP contribution in [0.3, 0.4) is 0 Å². The minimum atomic E-state index is -0.221. The zero-order valence-electron chi connectivity index (χ0n) is 11.3. The summed E-state index contributed by atoms with van der Waals surface area (Å²) in [7, 11) is 0. The quantitative estimate of drug-likeness (QED) is 0.747. The fourth-order valence-electron chi connectivity index (χ4n) is 2.90. The molecule has 4 heteroatoms. The first-order valence-corrected chi connectivity index (χ1v) is 7.22. The van der Waals surface area contributed by atoms with Crippen LogP contribution >= 0.6 is 11.6 Å². The van der Waals surface area contributed by atoms with Gasteiger partial charge in [-0.3, -0.25) is 0 Å². The van der Waals surface area contributed by atoms with Gasteiger partial charge >= 0.3 is 0 Å². The van der Waals surface area contributed by atoms with E-state index in [4.69, 9.17) is 11.6 Å². The van der Waals surface area contributed by atoms with Crippen LogP contribution in [0.5, 0.6) is 0 Å². The van der Waals surface area contributed by atoms with Crippen molar-refractivity contribution in [2.24, 2.45) is 5.41 Å². The molecule has 0 spiro atoms. The minimum absolute atomic E-state index is 0.167. The highest BCUT2D eigenvalue weighted by Gasteiger charge is 2.33. The molecule has 0 amide bonds. The molecule has 3 rings (SSSR count). The Balaban J connectivity index is 2.12. The van der Waals surface area contributed by atoms with Crippen LogP contribution in [-0.4, -0.2) is 9.55 Å². The number of halogens is 2. The summed E-state index contributed by atoms with van der Waals surface area (Å²) in [5, 5.41) is -0.167. The molecule has 0 radical (unpaired) electrons. The number of nitrogens with zero attached hydrogens (tertiary/aromatic N) is 2. The van der Waals surface area contributed by atoms with Crippen LogP contribution in [0.15, 0.2) is 18.2 Å². The SMILES string of the molecule is CC(Cl)c1nc2ccc(F)cc2n1CC1(C)CCC1. The summed E-state index contributed by atoms with van der Waals surface area (Å²) in [6, 6.07) is 4.74. The molecule has 2 aromatic rings. The van der Waals surface area contributed by atoms with Crippen molar-refractivity contribution < 1.29 is 4.39 Å². The number of aromatic nitrogens is 2. The summed E-state index contributed by atoms with van der Waals surface area (Å²) >= 11 is 6.23. The molecule has 2 nitrogen and oxygen atoms in total. The van der Waals surface area contributed by atoms with Crippen LogP contribution in [-0.2, 0) is 6.54 Å². The maximum absolute atomic E-state index is 13.5.